The third kappa shape index (κ3) is 4.87. The van der Waals surface area contributed by atoms with Gasteiger partial charge < -0.3 is 15.2 Å². The lowest BCUT2D eigenvalue weighted by Crippen LogP contribution is -2.45. The lowest BCUT2D eigenvalue weighted by atomic mass is 9.86. The van der Waals surface area contributed by atoms with Crippen LogP contribution in [0, 0.1) is 0 Å². The first-order chi connectivity index (χ1) is 10.8. The largest absolute Gasteiger partial charge is 0.490 e. The molecule has 2 N–H and O–H groups in total. The fourth-order valence-electron chi connectivity index (χ4n) is 2.82. The summed E-state index contributed by atoms with van der Waals surface area (Å²) in [5, 5.41) is 10.6. The molecule has 2 saturated heterocycles. The van der Waals surface area contributed by atoms with Gasteiger partial charge in [-0.05, 0) is 31.4 Å². The molecule has 2 aliphatic heterocycles. The number of rotatable bonds is 1. The van der Waals surface area contributed by atoms with Gasteiger partial charge in [0.15, 0.2) is 0 Å². The molecule has 6 nitrogen and oxygen atoms in total. The van der Waals surface area contributed by atoms with Crippen molar-refractivity contribution in [3.05, 3.63) is 24.3 Å². The molecule has 2 atom stereocenters. The molecule has 0 aliphatic carbocycles. The highest BCUT2D eigenvalue weighted by Gasteiger charge is 2.41. The van der Waals surface area contributed by atoms with E-state index < -0.39 is 12.1 Å². The number of hydrogen-bond acceptors (Lipinski definition) is 5. The summed E-state index contributed by atoms with van der Waals surface area (Å²) in [6, 6.07) is 0. The van der Waals surface area contributed by atoms with Crippen LogP contribution in [0.4, 0.5) is 13.2 Å². The zero-order valence-corrected chi connectivity index (χ0v) is 12.3. The number of piperidine rings is 1. The Morgan fingerprint density at radius 1 is 1.39 bits per heavy atom. The average molecular weight is 333 g/mol. The number of ether oxygens (including phenoxy) is 1. The monoisotopic (exact) mass is 333 g/mol. The molecule has 128 valence electrons. The molecule has 9 heteroatoms. The molecule has 1 aromatic heterocycles. The van der Waals surface area contributed by atoms with Gasteiger partial charge in [-0.1, -0.05) is 0 Å². The van der Waals surface area contributed by atoms with Crippen LogP contribution in [-0.2, 0) is 9.53 Å². The van der Waals surface area contributed by atoms with E-state index in [0.717, 1.165) is 26.1 Å². The predicted octanol–water partition coefficient (Wildman–Crippen LogP) is 1.74. The van der Waals surface area contributed by atoms with Gasteiger partial charge in [0.1, 0.15) is 6.33 Å². The van der Waals surface area contributed by atoms with E-state index in [1.165, 1.54) is 18.4 Å². The molecular weight excluding hydrogens is 315 g/mol. The number of carboxylic acids is 1. The molecule has 2 unspecified atom stereocenters. The summed E-state index contributed by atoms with van der Waals surface area (Å²) >= 11 is 0. The minimum atomic E-state index is -5.08. The Balaban J connectivity index is 0.000000236. The quantitative estimate of drug-likeness (QED) is 0.814. The van der Waals surface area contributed by atoms with Gasteiger partial charge in [0.25, 0.3) is 0 Å². The van der Waals surface area contributed by atoms with Gasteiger partial charge in [-0.3, -0.25) is 0 Å². The van der Waals surface area contributed by atoms with Crippen LogP contribution < -0.4 is 5.32 Å². The smallest absolute Gasteiger partial charge is 0.475 e. The van der Waals surface area contributed by atoms with Crippen molar-refractivity contribution >= 4 is 5.97 Å². The highest BCUT2D eigenvalue weighted by molar-refractivity contribution is 5.73. The van der Waals surface area contributed by atoms with Gasteiger partial charge in [-0.15, -0.1) is 0 Å². The standard InChI is InChI=1S/C12H17N3O.C2HF3O2/c1-2-12(8-13-3-1)4-10(7-16-12)11-5-14-9-15-6-11;3-2(4,5)1(6)7/h5-6,9-10,13H,1-4,7-8H2;(H,6,7). The van der Waals surface area contributed by atoms with Crippen LogP contribution in [0.1, 0.15) is 30.7 Å². The highest BCUT2D eigenvalue weighted by atomic mass is 19.4. The normalized spacial score (nSPS) is 27.3. The van der Waals surface area contributed by atoms with E-state index >= 15 is 0 Å². The van der Waals surface area contributed by atoms with Crippen molar-refractivity contribution in [1.29, 1.82) is 0 Å². The molecule has 3 heterocycles. The van der Waals surface area contributed by atoms with Gasteiger partial charge in [0.05, 0.1) is 12.2 Å². The molecule has 3 rings (SSSR count). The Morgan fingerprint density at radius 3 is 2.57 bits per heavy atom. The van der Waals surface area contributed by atoms with Crippen LogP contribution in [-0.4, -0.2) is 52.5 Å². The number of nitrogens with zero attached hydrogens (tertiary/aromatic N) is 2. The lowest BCUT2D eigenvalue weighted by Gasteiger charge is -2.33. The number of halogens is 3. The molecular formula is C14H18F3N3O3. The summed E-state index contributed by atoms with van der Waals surface area (Å²) in [5.41, 5.74) is 1.30. The van der Waals surface area contributed by atoms with Crippen molar-refractivity contribution in [3.8, 4) is 0 Å². The molecule has 0 bridgehead atoms. The molecule has 1 spiro atoms. The first-order valence-corrected chi connectivity index (χ1v) is 7.22. The Kier molecular flexibility index (Phi) is 5.53. The second-order valence-corrected chi connectivity index (χ2v) is 5.65. The van der Waals surface area contributed by atoms with E-state index in [1.807, 2.05) is 12.4 Å². The lowest BCUT2D eigenvalue weighted by molar-refractivity contribution is -0.192. The zero-order chi connectivity index (χ0) is 16.9. The van der Waals surface area contributed by atoms with Crippen LogP contribution in [0.25, 0.3) is 0 Å². The van der Waals surface area contributed by atoms with Crippen molar-refractivity contribution in [3.63, 3.8) is 0 Å². The van der Waals surface area contributed by atoms with Gasteiger partial charge >= 0.3 is 12.1 Å². The minimum Gasteiger partial charge on any atom is -0.475 e. The maximum atomic E-state index is 10.6. The van der Waals surface area contributed by atoms with Crippen LogP contribution in [0.2, 0.25) is 0 Å². The van der Waals surface area contributed by atoms with E-state index in [9.17, 15) is 13.2 Å². The topological polar surface area (TPSA) is 84.3 Å². The second-order valence-electron chi connectivity index (χ2n) is 5.65. The summed E-state index contributed by atoms with van der Waals surface area (Å²) in [6.07, 6.45) is 3.83. The van der Waals surface area contributed by atoms with E-state index in [2.05, 4.69) is 15.3 Å². The summed E-state index contributed by atoms with van der Waals surface area (Å²) in [7, 11) is 0. The Bertz CT molecular complexity index is 519. The number of hydrogen-bond donors (Lipinski definition) is 2. The molecule has 0 aromatic carbocycles. The Hall–Kier alpha value is -1.74. The van der Waals surface area contributed by atoms with Crippen LogP contribution >= 0.6 is 0 Å². The Labute approximate surface area is 131 Å². The minimum absolute atomic E-state index is 0.0821. The number of nitrogens with one attached hydrogen (secondary N) is 1. The molecule has 1 aromatic rings. The number of aromatic nitrogens is 2. The zero-order valence-electron chi connectivity index (χ0n) is 12.3. The van der Waals surface area contributed by atoms with E-state index in [0.29, 0.717) is 5.92 Å². The SMILES string of the molecule is O=C(O)C(F)(F)F.c1ncc(C2COC3(CCCNC3)C2)cn1. The molecule has 0 saturated carbocycles. The van der Waals surface area contributed by atoms with Crippen molar-refractivity contribution in [2.45, 2.75) is 37.0 Å². The van der Waals surface area contributed by atoms with E-state index in [4.69, 9.17) is 14.6 Å². The summed E-state index contributed by atoms with van der Waals surface area (Å²) in [4.78, 5) is 17.1. The van der Waals surface area contributed by atoms with Crippen molar-refractivity contribution in [1.82, 2.24) is 15.3 Å². The molecule has 2 fully saturated rings. The number of alkyl halides is 3. The third-order valence-corrected chi connectivity index (χ3v) is 3.94. The number of carboxylic acid groups (broad SMARTS) is 1. The van der Waals surface area contributed by atoms with Crippen LogP contribution in [0.3, 0.4) is 0 Å². The van der Waals surface area contributed by atoms with E-state index in [1.54, 1.807) is 6.33 Å². The highest BCUT2D eigenvalue weighted by Crippen LogP contribution is 2.39. The Morgan fingerprint density at radius 2 is 2.04 bits per heavy atom. The van der Waals surface area contributed by atoms with Gasteiger partial charge in [0.2, 0.25) is 0 Å². The molecule has 0 amide bonds. The van der Waals surface area contributed by atoms with E-state index in [-0.39, 0.29) is 5.60 Å². The van der Waals surface area contributed by atoms with Crippen molar-refractivity contribution < 1.29 is 27.8 Å². The average Bonchev–Trinajstić information content (AvgIpc) is 2.92. The van der Waals surface area contributed by atoms with Gasteiger partial charge in [-0.2, -0.15) is 13.2 Å². The fourth-order valence-corrected chi connectivity index (χ4v) is 2.82. The molecule has 23 heavy (non-hydrogen) atoms. The first-order valence-electron chi connectivity index (χ1n) is 7.22. The van der Waals surface area contributed by atoms with Crippen LogP contribution in [0.15, 0.2) is 18.7 Å². The summed E-state index contributed by atoms with van der Waals surface area (Å²) in [5.74, 6) is -2.28. The third-order valence-electron chi connectivity index (χ3n) is 3.94. The molecule has 0 radical (unpaired) electrons. The summed E-state index contributed by atoms with van der Waals surface area (Å²) in [6.45, 7) is 2.94. The number of aliphatic carboxylic acids is 1. The maximum Gasteiger partial charge on any atom is 0.490 e. The second kappa shape index (κ2) is 7.22. The maximum absolute atomic E-state index is 10.6. The number of carbonyl (C=O) groups is 1. The van der Waals surface area contributed by atoms with Crippen molar-refractivity contribution in [2.75, 3.05) is 19.7 Å². The van der Waals surface area contributed by atoms with Gasteiger partial charge in [0, 0.05) is 24.9 Å². The van der Waals surface area contributed by atoms with Gasteiger partial charge in [-0.25, -0.2) is 14.8 Å². The summed E-state index contributed by atoms with van der Waals surface area (Å²) < 4.78 is 37.8. The molecule has 2 aliphatic rings. The van der Waals surface area contributed by atoms with Crippen molar-refractivity contribution in [2.24, 2.45) is 0 Å². The van der Waals surface area contributed by atoms with Crippen LogP contribution in [0.5, 0.6) is 0 Å². The predicted molar refractivity (Wildman–Crippen MR) is 73.9 cm³/mol. The first kappa shape index (κ1) is 17.6. The fraction of sp³-hybridized carbons (Fsp3) is 0.643.